The molecule has 0 spiro atoms. The Bertz CT molecular complexity index is 781. The van der Waals surface area contributed by atoms with Crippen LogP contribution in [0.25, 0.3) is 0 Å². The van der Waals surface area contributed by atoms with Gasteiger partial charge in [-0.3, -0.25) is 19.1 Å². The number of imide groups is 1. The number of amides is 2. The first-order chi connectivity index (χ1) is 12.5. The van der Waals surface area contributed by atoms with Gasteiger partial charge in [-0.25, -0.2) is 0 Å². The molecular formula is C15H12F6N4O2. The van der Waals surface area contributed by atoms with E-state index in [1.165, 1.54) is 0 Å². The monoisotopic (exact) mass is 394 g/mol. The highest BCUT2D eigenvalue weighted by molar-refractivity contribution is 6.06. The third kappa shape index (κ3) is 2.64. The van der Waals surface area contributed by atoms with Crippen molar-refractivity contribution in [3.63, 3.8) is 0 Å². The molecule has 0 N–H and O–H groups in total. The summed E-state index contributed by atoms with van der Waals surface area (Å²) in [6.45, 7) is -1.50. The van der Waals surface area contributed by atoms with Crippen LogP contribution in [-0.2, 0) is 28.5 Å². The molecular weight excluding hydrogens is 382 g/mol. The average Bonchev–Trinajstić information content (AvgIpc) is 3.28. The lowest BCUT2D eigenvalue weighted by atomic mass is 9.85. The molecule has 12 heteroatoms. The molecule has 6 nitrogen and oxygen atoms in total. The molecule has 2 fully saturated rings. The van der Waals surface area contributed by atoms with Gasteiger partial charge in [-0.1, -0.05) is 12.2 Å². The van der Waals surface area contributed by atoms with Crippen molar-refractivity contribution >= 4 is 11.8 Å². The number of hydrogen-bond acceptors (Lipinski definition) is 4. The quantitative estimate of drug-likeness (QED) is 0.448. The SMILES string of the molecule is O=C1[C@@H]2[C@H](C(=O)N1CCn1c(C(F)(F)F)nnc1C(F)(F)F)[C@@H]1C=C[C@H]2C1. The minimum atomic E-state index is -5.16. The van der Waals surface area contributed by atoms with E-state index in [0.29, 0.717) is 6.42 Å². The Morgan fingerprint density at radius 1 is 0.852 bits per heavy atom. The van der Waals surface area contributed by atoms with Gasteiger partial charge < -0.3 is 0 Å². The summed E-state index contributed by atoms with van der Waals surface area (Å²) in [7, 11) is 0. The lowest BCUT2D eigenvalue weighted by molar-refractivity contribution is -0.155. The van der Waals surface area contributed by atoms with Gasteiger partial charge in [0.25, 0.3) is 0 Å². The first kappa shape index (κ1) is 18.0. The molecule has 4 rings (SSSR count). The molecule has 1 aromatic rings. The van der Waals surface area contributed by atoms with Crippen LogP contribution in [0.4, 0.5) is 26.3 Å². The van der Waals surface area contributed by atoms with E-state index in [1.54, 1.807) is 0 Å². The van der Waals surface area contributed by atoms with Crippen molar-refractivity contribution in [1.29, 1.82) is 0 Å². The molecule has 1 saturated heterocycles. The third-order valence-electron chi connectivity index (χ3n) is 5.37. The normalized spacial score (nSPS) is 29.9. The second-order valence-electron chi connectivity index (χ2n) is 6.82. The first-order valence-corrected chi connectivity index (χ1v) is 8.11. The molecule has 1 saturated carbocycles. The number of nitrogens with zero attached hydrogens (tertiary/aromatic N) is 4. The number of alkyl halides is 6. The van der Waals surface area contributed by atoms with E-state index in [1.807, 2.05) is 12.2 Å². The largest absolute Gasteiger partial charge is 0.451 e. The van der Waals surface area contributed by atoms with E-state index in [4.69, 9.17) is 0 Å². The van der Waals surface area contributed by atoms with E-state index in [-0.39, 0.29) is 16.4 Å². The topological polar surface area (TPSA) is 68.1 Å². The summed E-state index contributed by atoms with van der Waals surface area (Å²) < 4.78 is 77.6. The molecule has 1 aliphatic heterocycles. The van der Waals surface area contributed by atoms with E-state index in [9.17, 15) is 35.9 Å². The Morgan fingerprint density at radius 3 is 1.70 bits per heavy atom. The summed E-state index contributed by atoms with van der Waals surface area (Å²) >= 11 is 0. The van der Waals surface area contributed by atoms with Gasteiger partial charge in [0.05, 0.1) is 11.8 Å². The standard InChI is InChI=1S/C15H12F6N4O2/c16-14(17,18)12-22-23-13(15(19,20)21)25(12)4-3-24-10(26)8-6-1-2-7(5-6)9(8)11(24)27/h1-2,6-9H,3-5H2/t6-,7+,8-,9+. The predicted octanol–water partition coefficient (Wildman–Crippen LogP) is 2.12. The Morgan fingerprint density at radius 2 is 1.30 bits per heavy atom. The van der Waals surface area contributed by atoms with Crippen molar-refractivity contribution in [1.82, 2.24) is 19.7 Å². The molecule has 2 bridgehead atoms. The van der Waals surface area contributed by atoms with E-state index in [2.05, 4.69) is 10.2 Å². The number of fused-ring (bicyclic) bond motifs is 5. The van der Waals surface area contributed by atoms with Crippen molar-refractivity contribution in [3.05, 3.63) is 23.8 Å². The summed E-state index contributed by atoms with van der Waals surface area (Å²) in [5.41, 5.74) is 0. The van der Waals surface area contributed by atoms with Gasteiger partial charge in [0, 0.05) is 13.1 Å². The molecule has 146 valence electrons. The highest BCUT2D eigenvalue weighted by Gasteiger charge is 2.59. The zero-order chi connectivity index (χ0) is 19.7. The van der Waals surface area contributed by atoms with Crippen molar-refractivity contribution in [2.24, 2.45) is 23.7 Å². The van der Waals surface area contributed by atoms with Crippen LogP contribution in [0.15, 0.2) is 12.2 Å². The summed E-state index contributed by atoms with van der Waals surface area (Å²) in [6.07, 6.45) is -5.97. The fraction of sp³-hybridized carbons (Fsp3) is 0.600. The number of rotatable bonds is 3. The van der Waals surface area contributed by atoms with Crippen molar-refractivity contribution in [2.75, 3.05) is 6.54 Å². The maximum absolute atomic E-state index is 13.0. The van der Waals surface area contributed by atoms with Crippen molar-refractivity contribution in [3.8, 4) is 0 Å². The van der Waals surface area contributed by atoms with Crippen LogP contribution in [0.2, 0.25) is 0 Å². The number of carbonyl (C=O) groups is 2. The van der Waals surface area contributed by atoms with Crippen molar-refractivity contribution in [2.45, 2.75) is 25.3 Å². The number of halogens is 6. The molecule has 2 amide bonds. The predicted molar refractivity (Wildman–Crippen MR) is 74.5 cm³/mol. The number of allylic oxidation sites excluding steroid dienone is 2. The fourth-order valence-electron chi connectivity index (χ4n) is 4.32. The summed E-state index contributed by atoms with van der Waals surface area (Å²) in [5, 5.41) is 5.20. The Balaban J connectivity index is 1.59. The highest BCUT2D eigenvalue weighted by atomic mass is 19.4. The lowest BCUT2D eigenvalue weighted by Crippen LogP contribution is -2.36. The van der Waals surface area contributed by atoms with Crippen molar-refractivity contribution < 1.29 is 35.9 Å². The maximum Gasteiger partial charge on any atom is 0.451 e. The number of carbonyl (C=O) groups excluding carboxylic acids is 2. The second-order valence-corrected chi connectivity index (χ2v) is 6.82. The maximum atomic E-state index is 13.0. The first-order valence-electron chi connectivity index (χ1n) is 8.11. The summed E-state index contributed by atoms with van der Waals surface area (Å²) in [6, 6.07) is 0. The van der Waals surface area contributed by atoms with Crippen LogP contribution in [0, 0.1) is 23.7 Å². The second kappa shape index (κ2) is 5.55. The summed E-state index contributed by atoms with van der Waals surface area (Å²) in [4.78, 5) is 25.8. The zero-order valence-corrected chi connectivity index (χ0v) is 13.5. The van der Waals surface area contributed by atoms with Gasteiger partial charge in [0.1, 0.15) is 0 Å². The van der Waals surface area contributed by atoms with E-state index >= 15 is 0 Å². The fourth-order valence-corrected chi connectivity index (χ4v) is 4.32. The molecule has 27 heavy (non-hydrogen) atoms. The Kier molecular flexibility index (Phi) is 3.70. The molecule has 0 radical (unpaired) electrons. The summed E-state index contributed by atoms with van der Waals surface area (Å²) in [5.74, 6) is -6.09. The van der Waals surface area contributed by atoms with Crippen LogP contribution in [-0.4, -0.2) is 38.0 Å². The molecule has 3 aliphatic rings. The van der Waals surface area contributed by atoms with Crippen LogP contribution in [0.5, 0.6) is 0 Å². The Labute approximate surface area is 147 Å². The molecule has 1 aromatic heterocycles. The van der Waals surface area contributed by atoms with Gasteiger partial charge in [-0.05, 0) is 18.3 Å². The molecule has 2 heterocycles. The smallest absolute Gasteiger partial charge is 0.298 e. The molecule has 0 aromatic carbocycles. The third-order valence-corrected chi connectivity index (χ3v) is 5.37. The van der Waals surface area contributed by atoms with Gasteiger partial charge in [0.2, 0.25) is 23.5 Å². The van der Waals surface area contributed by atoms with Crippen LogP contribution < -0.4 is 0 Å². The van der Waals surface area contributed by atoms with Crippen LogP contribution >= 0.6 is 0 Å². The van der Waals surface area contributed by atoms with Gasteiger partial charge in [-0.2, -0.15) is 26.3 Å². The number of hydrogen-bond donors (Lipinski definition) is 0. The van der Waals surface area contributed by atoms with E-state index < -0.39 is 60.7 Å². The van der Waals surface area contributed by atoms with Crippen LogP contribution in [0.1, 0.15) is 18.1 Å². The number of aromatic nitrogens is 3. The molecule has 0 unspecified atom stereocenters. The zero-order valence-electron chi connectivity index (χ0n) is 13.5. The van der Waals surface area contributed by atoms with Gasteiger partial charge in [-0.15, -0.1) is 10.2 Å². The minimum absolute atomic E-state index is 0.104. The number of likely N-dealkylation sites (tertiary alicyclic amines) is 1. The van der Waals surface area contributed by atoms with Crippen LogP contribution in [0.3, 0.4) is 0 Å². The van der Waals surface area contributed by atoms with E-state index in [0.717, 1.165) is 4.90 Å². The average molecular weight is 394 g/mol. The minimum Gasteiger partial charge on any atom is -0.298 e. The van der Waals surface area contributed by atoms with Gasteiger partial charge in [0.15, 0.2) is 0 Å². The molecule has 2 aliphatic carbocycles. The highest BCUT2D eigenvalue weighted by Crippen LogP contribution is 2.52. The Hall–Kier alpha value is -2.40. The van der Waals surface area contributed by atoms with Gasteiger partial charge >= 0.3 is 12.4 Å². The lowest BCUT2D eigenvalue weighted by Gasteiger charge is -2.19. The molecule has 4 atom stereocenters.